The van der Waals surface area contributed by atoms with E-state index in [0.29, 0.717) is 31.3 Å². The number of hydrogen-bond acceptors (Lipinski definition) is 5. The molecule has 1 aliphatic heterocycles. The molecule has 30 heavy (non-hydrogen) atoms. The van der Waals surface area contributed by atoms with Gasteiger partial charge in [0.2, 0.25) is 0 Å². The lowest BCUT2D eigenvalue weighted by molar-refractivity contribution is -0.118. The Morgan fingerprint density at radius 2 is 1.87 bits per heavy atom. The lowest BCUT2D eigenvalue weighted by Gasteiger charge is -2.29. The van der Waals surface area contributed by atoms with Gasteiger partial charge in [0.05, 0.1) is 19.8 Å². The molecule has 2 aromatic rings. The zero-order chi connectivity index (χ0) is 21.5. The van der Waals surface area contributed by atoms with Crippen LogP contribution >= 0.6 is 12.2 Å². The fourth-order valence-corrected chi connectivity index (χ4v) is 3.49. The first-order chi connectivity index (χ1) is 14.5. The summed E-state index contributed by atoms with van der Waals surface area (Å²) in [6.07, 6.45) is 0. The highest BCUT2D eigenvalue weighted by Gasteiger charge is 2.17. The van der Waals surface area contributed by atoms with Gasteiger partial charge in [-0.05, 0) is 56.2 Å². The Bertz CT molecular complexity index is 910. The molecule has 3 rings (SSSR count). The molecule has 1 aliphatic rings. The molecule has 0 aliphatic carbocycles. The molecule has 1 amide bonds. The third-order valence-corrected chi connectivity index (χ3v) is 5.31. The predicted octanol–water partition coefficient (Wildman–Crippen LogP) is 3.73. The van der Waals surface area contributed by atoms with Gasteiger partial charge in [-0.2, -0.15) is 0 Å². The van der Waals surface area contributed by atoms with E-state index < -0.39 is 0 Å². The summed E-state index contributed by atoms with van der Waals surface area (Å²) in [5.74, 6) is 0.866. The number of carbonyl (C=O) groups excluding carboxylic acids is 1. The van der Waals surface area contributed by atoms with Gasteiger partial charge in [0.15, 0.2) is 18.1 Å². The minimum absolute atomic E-state index is 0.110. The number of nitrogens with zero attached hydrogens (tertiary/aromatic N) is 1. The van der Waals surface area contributed by atoms with Gasteiger partial charge in [0.1, 0.15) is 4.99 Å². The Kier molecular flexibility index (Phi) is 7.65. The van der Waals surface area contributed by atoms with Crippen molar-refractivity contribution < 1.29 is 19.0 Å². The van der Waals surface area contributed by atoms with Crippen molar-refractivity contribution in [2.75, 3.05) is 44.8 Å². The van der Waals surface area contributed by atoms with Gasteiger partial charge >= 0.3 is 0 Å². The minimum Gasteiger partial charge on any atom is -0.490 e. The van der Waals surface area contributed by atoms with Gasteiger partial charge in [0, 0.05) is 24.3 Å². The van der Waals surface area contributed by atoms with Crippen LogP contribution < -0.4 is 14.8 Å². The molecule has 0 radical (unpaired) electrons. The summed E-state index contributed by atoms with van der Waals surface area (Å²) in [7, 11) is 0. The standard InChI is InChI=1S/C23H28N2O4S/c1-4-28-21-14-18(23(30)25-9-11-27-12-10-25)7-8-20(21)29-15-22(26)24-19-13-16(2)5-6-17(19)3/h5-8,13-14H,4,9-12,15H2,1-3H3,(H,24,26). The van der Waals surface area contributed by atoms with E-state index in [1.54, 1.807) is 6.07 Å². The summed E-state index contributed by atoms with van der Waals surface area (Å²) in [6, 6.07) is 11.5. The lowest BCUT2D eigenvalue weighted by Crippen LogP contribution is -2.40. The summed E-state index contributed by atoms with van der Waals surface area (Å²) in [5, 5.41) is 2.90. The molecule has 1 heterocycles. The van der Waals surface area contributed by atoms with Crippen LogP contribution in [-0.2, 0) is 9.53 Å². The van der Waals surface area contributed by atoms with Crippen molar-refractivity contribution in [3.8, 4) is 11.5 Å². The zero-order valence-electron chi connectivity index (χ0n) is 17.7. The number of nitrogens with one attached hydrogen (secondary N) is 1. The maximum absolute atomic E-state index is 12.4. The summed E-state index contributed by atoms with van der Waals surface area (Å²) in [5.41, 5.74) is 3.77. The minimum atomic E-state index is -0.223. The van der Waals surface area contributed by atoms with Gasteiger partial charge in [-0.3, -0.25) is 4.79 Å². The number of morpholine rings is 1. The van der Waals surface area contributed by atoms with E-state index in [4.69, 9.17) is 26.4 Å². The van der Waals surface area contributed by atoms with Crippen LogP contribution in [-0.4, -0.2) is 55.3 Å². The Hall–Kier alpha value is -2.64. The highest BCUT2D eigenvalue weighted by molar-refractivity contribution is 7.80. The van der Waals surface area contributed by atoms with E-state index in [0.717, 1.165) is 40.5 Å². The summed E-state index contributed by atoms with van der Waals surface area (Å²) in [6.45, 7) is 9.13. The Morgan fingerprint density at radius 1 is 1.10 bits per heavy atom. The Balaban J connectivity index is 1.66. The fraction of sp³-hybridized carbons (Fsp3) is 0.391. The van der Waals surface area contributed by atoms with Crippen LogP contribution in [0, 0.1) is 13.8 Å². The van der Waals surface area contributed by atoms with Gasteiger partial charge < -0.3 is 24.4 Å². The van der Waals surface area contributed by atoms with E-state index in [2.05, 4.69) is 10.2 Å². The maximum Gasteiger partial charge on any atom is 0.262 e. The molecule has 7 heteroatoms. The van der Waals surface area contributed by atoms with Crippen LogP contribution in [0.4, 0.5) is 5.69 Å². The van der Waals surface area contributed by atoms with Crippen molar-refractivity contribution in [2.45, 2.75) is 20.8 Å². The molecule has 1 saturated heterocycles. The van der Waals surface area contributed by atoms with E-state index in [-0.39, 0.29) is 12.5 Å². The quantitative estimate of drug-likeness (QED) is 0.678. The van der Waals surface area contributed by atoms with Crippen molar-refractivity contribution in [3.63, 3.8) is 0 Å². The van der Waals surface area contributed by atoms with Crippen LogP contribution in [0.5, 0.6) is 11.5 Å². The van der Waals surface area contributed by atoms with Crippen LogP contribution in [0.3, 0.4) is 0 Å². The molecule has 1 N–H and O–H groups in total. The van der Waals surface area contributed by atoms with Gasteiger partial charge in [-0.25, -0.2) is 0 Å². The number of amides is 1. The number of benzene rings is 2. The van der Waals surface area contributed by atoms with E-state index in [1.807, 2.05) is 51.1 Å². The lowest BCUT2D eigenvalue weighted by atomic mass is 10.1. The van der Waals surface area contributed by atoms with E-state index in [1.165, 1.54) is 0 Å². The molecule has 160 valence electrons. The highest BCUT2D eigenvalue weighted by atomic mass is 32.1. The molecule has 1 fully saturated rings. The summed E-state index contributed by atoms with van der Waals surface area (Å²) in [4.78, 5) is 15.3. The first kappa shape index (κ1) is 22.1. The first-order valence-electron chi connectivity index (χ1n) is 10.1. The number of ether oxygens (including phenoxy) is 3. The maximum atomic E-state index is 12.4. The molecule has 0 atom stereocenters. The van der Waals surface area contributed by atoms with Crippen LogP contribution in [0.2, 0.25) is 0 Å². The van der Waals surface area contributed by atoms with Crippen molar-refractivity contribution in [1.82, 2.24) is 4.90 Å². The molecule has 2 aromatic carbocycles. The second-order valence-corrected chi connectivity index (χ2v) is 7.54. The highest BCUT2D eigenvalue weighted by Crippen LogP contribution is 2.29. The molecule has 0 unspecified atom stereocenters. The van der Waals surface area contributed by atoms with E-state index in [9.17, 15) is 4.79 Å². The van der Waals surface area contributed by atoms with Gasteiger partial charge in [-0.1, -0.05) is 24.4 Å². The largest absolute Gasteiger partial charge is 0.490 e. The van der Waals surface area contributed by atoms with E-state index >= 15 is 0 Å². The number of aryl methyl sites for hydroxylation is 2. The monoisotopic (exact) mass is 428 g/mol. The molecule has 0 spiro atoms. The summed E-state index contributed by atoms with van der Waals surface area (Å²) < 4.78 is 16.9. The van der Waals surface area contributed by atoms with Crippen LogP contribution in [0.15, 0.2) is 36.4 Å². The third kappa shape index (κ3) is 5.70. The predicted molar refractivity (Wildman–Crippen MR) is 122 cm³/mol. The molecule has 6 nitrogen and oxygen atoms in total. The number of anilines is 1. The molecule has 0 bridgehead atoms. The SMILES string of the molecule is CCOc1cc(C(=S)N2CCOCC2)ccc1OCC(=O)Nc1cc(C)ccc1C. The molecule has 0 aromatic heterocycles. The fourth-order valence-electron chi connectivity index (χ4n) is 3.18. The number of carbonyl (C=O) groups is 1. The number of rotatable bonds is 7. The van der Waals surface area contributed by atoms with Crippen molar-refractivity contribution in [1.29, 1.82) is 0 Å². The third-order valence-electron chi connectivity index (χ3n) is 4.81. The first-order valence-corrected chi connectivity index (χ1v) is 10.5. The van der Waals surface area contributed by atoms with Gasteiger partial charge in [0.25, 0.3) is 5.91 Å². The Labute approximate surface area is 183 Å². The second-order valence-electron chi connectivity index (χ2n) is 7.15. The average Bonchev–Trinajstić information content (AvgIpc) is 2.75. The molecular weight excluding hydrogens is 400 g/mol. The molecule has 0 saturated carbocycles. The summed E-state index contributed by atoms with van der Waals surface area (Å²) >= 11 is 5.64. The average molecular weight is 429 g/mol. The second kappa shape index (κ2) is 10.4. The zero-order valence-corrected chi connectivity index (χ0v) is 18.5. The smallest absolute Gasteiger partial charge is 0.262 e. The van der Waals surface area contributed by atoms with Crippen LogP contribution in [0.25, 0.3) is 0 Å². The molecular formula is C23H28N2O4S. The van der Waals surface area contributed by atoms with Crippen molar-refractivity contribution in [3.05, 3.63) is 53.1 Å². The van der Waals surface area contributed by atoms with Gasteiger partial charge in [-0.15, -0.1) is 0 Å². The topological polar surface area (TPSA) is 60.0 Å². The van der Waals surface area contributed by atoms with Crippen molar-refractivity contribution >= 4 is 28.8 Å². The Morgan fingerprint density at radius 3 is 2.60 bits per heavy atom. The normalized spacial score (nSPS) is 13.6. The van der Waals surface area contributed by atoms with Crippen LogP contribution in [0.1, 0.15) is 23.6 Å². The number of thiocarbonyl (C=S) groups is 1. The van der Waals surface area contributed by atoms with Crippen molar-refractivity contribution in [2.24, 2.45) is 0 Å². The number of hydrogen-bond donors (Lipinski definition) is 1.